The van der Waals surface area contributed by atoms with Crippen LogP contribution in [0.4, 0.5) is 11.4 Å². The number of amides is 2. The maximum atomic E-state index is 13.5. The average Bonchev–Trinajstić information content (AvgIpc) is 3.67. The number of fused-ring (bicyclic) bond motifs is 6. The number of alkyl halides is 2. The number of esters is 1. The van der Waals surface area contributed by atoms with E-state index in [-0.39, 0.29) is 62.0 Å². The van der Waals surface area contributed by atoms with Gasteiger partial charge in [0.1, 0.15) is 0 Å². The van der Waals surface area contributed by atoms with E-state index in [4.69, 9.17) is 9.72 Å². The van der Waals surface area contributed by atoms with E-state index in [0.29, 0.717) is 37.9 Å². The van der Waals surface area contributed by atoms with Crippen LogP contribution in [0, 0.1) is 40.7 Å². The van der Waals surface area contributed by atoms with Crippen LogP contribution in [0.25, 0.3) is 22.2 Å². The minimum absolute atomic E-state index is 0.0588. The summed E-state index contributed by atoms with van der Waals surface area (Å²) in [5, 5.41) is 11.8. The number of hydrogen-bond donors (Lipinski definition) is 0. The standard InChI is InChI=1S/C34H24Br3N3O7/c1-15-2-3-17(10-26(15)40(45)46)27(41)14-47-34(44)21-13-25(38-24-9-6-18(35)11-20(21)24)16-4-7-19(8-5-16)39-32(42)28-22-12-23(29(28)33(39)43)31(37)30(22)36/h2-11,13,22-23,28-31H,12,14H2,1H3. The first-order valence-electron chi connectivity index (χ1n) is 14.8. The number of anilines is 1. The van der Waals surface area contributed by atoms with Crippen LogP contribution < -0.4 is 4.90 Å². The van der Waals surface area contributed by atoms with Crippen molar-refractivity contribution in [2.24, 2.45) is 23.7 Å². The van der Waals surface area contributed by atoms with Crippen molar-refractivity contribution in [3.63, 3.8) is 0 Å². The van der Waals surface area contributed by atoms with Gasteiger partial charge in [0.25, 0.3) is 5.69 Å². The minimum atomic E-state index is -0.770. The van der Waals surface area contributed by atoms with Crippen molar-refractivity contribution in [1.29, 1.82) is 0 Å². The van der Waals surface area contributed by atoms with E-state index in [9.17, 15) is 29.3 Å². The number of carbonyl (C=O) groups excluding carboxylic acids is 4. The molecule has 3 aromatic carbocycles. The number of nitro benzene ring substituents is 1. The Hall–Kier alpha value is -3.81. The number of aromatic nitrogens is 1. The van der Waals surface area contributed by atoms with Gasteiger partial charge in [-0.15, -0.1) is 0 Å². The Kier molecular flexibility index (Phi) is 8.12. The number of benzene rings is 3. The molecule has 2 amide bonds. The van der Waals surface area contributed by atoms with Crippen molar-refractivity contribution in [2.45, 2.75) is 23.0 Å². The second-order valence-electron chi connectivity index (χ2n) is 12.0. The SMILES string of the molecule is Cc1ccc(C(=O)COC(=O)c2cc(-c3ccc(N4C(=O)C5C6CC(C(Br)C6Br)C5C4=O)cc3)nc3ccc(Br)cc23)cc1[N+](=O)[O-]. The predicted octanol–water partition coefficient (Wildman–Crippen LogP) is 7.20. The lowest BCUT2D eigenvalue weighted by atomic mass is 9.81. The number of ketones is 1. The van der Waals surface area contributed by atoms with Crippen molar-refractivity contribution in [3.8, 4) is 11.3 Å². The molecule has 1 aliphatic heterocycles. The number of hydrogen-bond acceptors (Lipinski definition) is 8. The van der Waals surface area contributed by atoms with E-state index >= 15 is 0 Å². The topological polar surface area (TPSA) is 137 Å². The summed E-state index contributed by atoms with van der Waals surface area (Å²) in [6, 6.07) is 17.8. The molecule has 2 bridgehead atoms. The van der Waals surface area contributed by atoms with Gasteiger partial charge in [-0.05, 0) is 61.6 Å². The van der Waals surface area contributed by atoms with Crippen molar-refractivity contribution in [3.05, 3.63) is 98.0 Å². The van der Waals surface area contributed by atoms with Gasteiger partial charge in [-0.3, -0.25) is 29.4 Å². The van der Waals surface area contributed by atoms with Crippen LogP contribution in [-0.4, -0.2) is 49.7 Å². The number of ether oxygens (including phenoxy) is 1. The zero-order valence-electron chi connectivity index (χ0n) is 24.6. The molecule has 1 saturated heterocycles. The highest BCUT2D eigenvalue weighted by molar-refractivity contribution is 9.12. The molecule has 3 fully saturated rings. The molecule has 2 aliphatic carbocycles. The van der Waals surface area contributed by atoms with Crippen molar-refractivity contribution < 1.29 is 28.8 Å². The minimum Gasteiger partial charge on any atom is -0.454 e. The van der Waals surface area contributed by atoms with Gasteiger partial charge in [0.2, 0.25) is 17.6 Å². The predicted molar refractivity (Wildman–Crippen MR) is 184 cm³/mol. The highest BCUT2D eigenvalue weighted by Gasteiger charge is 2.66. The molecule has 47 heavy (non-hydrogen) atoms. The van der Waals surface area contributed by atoms with Gasteiger partial charge in [0, 0.05) is 42.3 Å². The lowest BCUT2D eigenvalue weighted by Crippen LogP contribution is -2.37. The molecule has 6 atom stereocenters. The van der Waals surface area contributed by atoms with Crippen LogP contribution in [0.1, 0.15) is 32.7 Å². The van der Waals surface area contributed by atoms with Crippen LogP contribution >= 0.6 is 47.8 Å². The highest BCUT2D eigenvalue weighted by atomic mass is 79.9. The molecule has 4 aromatic rings. The third-order valence-corrected chi connectivity index (χ3v) is 13.2. The molecule has 2 saturated carbocycles. The normalized spacial score (nSPS) is 24.6. The second-order valence-corrected chi connectivity index (χ2v) is 15.1. The van der Waals surface area contributed by atoms with Gasteiger partial charge in [-0.1, -0.05) is 72.1 Å². The Morgan fingerprint density at radius 3 is 2.26 bits per heavy atom. The summed E-state index contributed by atoms with van der Waals surface area (Å²) in [6.07, 6.45) is 0.850. The zero-order valence-corrected chi connectivity index (χ0v) is 29.3. The van der Waals surface area contributed by atoms with Gasteiger partial charge in [-0.2, -0.15) is 0 Å². The Bertz CT molecular complexity index is 2000. The van der Waals surface area contributed by atoms with Crippen LogP contribution in [0.2, 0.25) is 0 Å². The number of aryl methyl sites for hydroxylation is 1. The van der Waals surface area contributed by atoms with Crippen LogP contribution in [-0.2, 0) is 14.3 Å². The monoisotopic (exact) mass is 823 g/mol. The maximum absolute atomic E-state index is 13.5. The molecule has 0 N–H and O–H groups in total. The summed E-state index contributed by atoms with van der Waals surface area (Å²) in [7, 11) is 0. The third kappa shape index (κ3) is 5.32. The molecule has 3 aliphatic rings. The van der Waals surface area contributed by atoms with Crippen molar-refractivity contribution >= 4 is 93.6 Å². The van der Waals surface area contributed by atoms with E-state index < -0.39 is 23.3 Å². The third-order valence-electron chi connectivity index (χ3n) is 9.46. The molecule has 0 spiro atoms. The van der Waals surface area contributed by atoms with Crippen LogP contribution in [0.15, 0.2) is 71.2 Å². The summed E-state index contributed by atoms with van der Waals surface area (Å²) in [5.41, 5.74) is 2.50. The summed E-state index contributed by atoms with van der Waals surface area (Å²) in [6.45, 7) is 0.954. The van der Waals surface area contributed by atoms with Gasteiger partial charge in [-0.25, -0.2) is 9.78 Å². The Morgan fingerprint density at radius 2 is 1.62 bits per heavy atom. The van der Waals surface area contributed by atoms with E-state index in [1.54, 1.807) is 55.5 Å². The number of nitrogens with zero attached hydrogens (tertiary/aromatic N) is 3. The van der Waals surface area contributed by atoms with E-state index in [0.717, 1.165) is 6.42 Å². The van der Waals surface area contributed by atoms with Crippen LogP contribution in [0.5, 0.6) is 0 Å². The zero-order chi connectivity index (χ0) is 33.3. The second kappa shape index (κ2) is 12.0. The number of Topliss-reactive ketones (excluding diaryl/α,β-unsaturated/α-hetero) is 1. The first-order valence-corrected chi connectivity index (χ1v) is 17.4. The van der Waals surface area contributed by atoms with E-state index in [1.165, 1.54) is 23.1 Å². The smallest absolute Gasteiger partial charge is 0.339 e. The van der Waals surface area contributed by atoms with Gasteiger partial charge < -0.3 is 4.74 Å². The Balaban J connectivity index is 1.15. The molecule has 1 aromatic heterocycles. The largest absolute Gasteiger partial charge is 0.454 e. The fourth-order valence-electron chi connectivity index (χ4n) is 7.17. The highest BCUT2D eigenvalue weighted by Crippen LogP contribution is 2.60. The van der Waals surface area contributed by atoms with E-state index in [1.807, 2.05) is 0 Å². The quantitative estimate of drug-likeness (QED) is 0.0477. The van der Waals surface area contributed by atoms with E-state index in [2.05, 4.69) is 47.8 Å². The molecule has 13 heteroatoms. The molecule has 7 rings (SSSR count). The Morgan fingerprint density at radius 1 is 0.957 bits per heavy atom. The molecule has 2 heterocycles. The number of pyridine rings is 1. The number of imide groups is 1. The number of nitro groups is 1. The van der Waals surface area contributed by atoms with Gasteiger partial charge >= 0.3 is 5.97 Å². The number of rotatable bonds is 7. The molecule has 238 valence electrons. The fourth-order valence-corrected chi connectivity index (χ4v) is 9.41. The van der Waals surface area contributed by atoms with Gasteiger partial charge in [0.05, 0.1) is 39.2 Å². The number of halogens is 3. The van der Waals surface area contributed by atoms with Crippen molar-refractivity contribution in [2.75, 3.05) is 11.5 Å². The average molecular weight is 826 g/mol. The van der Waals surface area contributed by atoms with Gasteiger partial charge in [0.15, 0.2) is 6.61 Å². The molecule has 10 nitrogen and oxygen atoms in total. The summed E-state index contributed by atoms with van der Waals surface area (Å²) in [5.74, 6) is -2.12. The number of carbonyl (C=O) groups is 4. The fraction of sp³-hybridized carbons (Fsp3) is 0.265. The lowest BCUT2D eigenvalue weighted by Gasteiger charge is -2.28. The lowest BCUT2D eigenvalue weighted by molar-refractivity contribution is -0.385. The Labute approximate surface area is 293 Å². The first kappa shape index (κ1) is 31.8. The molecular weight excluding hydrogens is 802 g/mol. The summed E-state index contributed by atoms with van der Waals surface area (Å²) >= 11 is 10.9. The first-order chi connectivity index (χ1) is 22.4. The summed E-state index contributed by atoms with van der Waals surface area (Å²) in [4.78, 5) is 70.3. The van der Waals surface area contributed by atoms with Crippen LogP contribution in [0.3, 0.4) is 0 Å². The molecule has 6 unspecified atom stereocenters. The molecular formula is C34H24Br3N3O7. The van der Waals surface area contributed by atoms with Crippen molar-refractivity contribution in [1.82, 2.24) is 4.98 Å². The summed E-state index contributed by atoms with van der Waals surface area (Å²) < 4.78 is 6.11. The maximum Gasteiger partial charge on any atom is 0.339 e. The molecule has 0 radical (unpaired) electrons.